The Bertz CT molecular complexity index is 1500. The van der Waals surface area contributed by atoms with Gasteiger partial charge < -0.3 is 25.6 Å². The highest BCUT2D eigenvalue weighted by atomic mass is 16.3. The minimum absolute atomic E-state index is 0.0553. The predicted octanol–water partition coefficient (Wildman–Crippen LogP) is 4.73. The summed E-state index contributed by atoms with van der Waals surface area (Å²) in [7, 11) is 0. The highest BCUT2D eigenvalue weighted by Gasteiger charge is 2.21. The van der Waals surface area contributed by atoms with E-state index in [4.69, 9.17) is 0 Å². The summed E-state index contributed by atoms with van der Waals surface area (Å²) in [6, 6.07) is 23.9. The molecule has 1 aromatic heterocycles. The smallest absolute Gasteiger partial charge is 0.255 e. The van der Waals surface area contributed by atoms with Gasteiger partial charge in [-0.1, -0.05) is 60.7 Å². The number of aromatic hydroxyl groups is 2. The molecular formula is C28H24N2O4. The number of aliphatic hydroxyl groups excluding tert-OH is 1. The molecular weight excluding hydrogens is 428 g/mol. The van der Waals surface area contributed by atoms with Crippen molar-refractivity contribution in [2.75, 3.05) is 6.61 Å². The number of hydrogen-bond acceptors (Lipinski definition) is 4. The number of fused-ring (bicyclic) bond motifs is 2. The maximum absolute atomic E-state index is 13.1. The van der Waals surface area contributed by atoms with Crippen LogP contribution in [-0.2, 0) is 6.42 Å². The van der Waals surface area contributed by atoms with E-state index in [9.17, 15) is 20.1 Å². The van der Waals surface area contributed by atoms with Crippen LogP contribution in [0, 0.1) is 0 Å². The molecule has 170 valence electrons. The molecule has 0 saturated heterocycles. The molecule has 5 N–H and O–H groups in total. The first kappa shape index (κ1) is 21.6. The topological polar surface area (TPSA) is 106 Å². The van der Waals surface area contributed by atoms with Crippen molar-refractivity contribution in [3.63, 3.8) is 0 Å². The van der Waals surface area contributed by atoms with Gasteiger partial charge in [0.25, 0.3) is 5.91 Å². The van der Waals surface area contributed by atoms with Crippen LogP contribution in [0.4, 0.5) is 0 Å². The van der Waals surface area contributed by atoms with Crippen molar-refractivity contribution in [1.29, 1.82) is 0 Å². The van der Waals surface area contributed by atoms with Crippen LogP contribution in [0.1, 0.15) is 15.9 Å². The molecule has 0 radical (unpaired) electrons. The van der Waals surface area contributed by atoms with Crippen molar-refractivity contribution in [3.05, 3.63) is 96.2 Å². The number of benzene rings is 4. The van der Waals surface area contributed by atoms with E-state index < -0.39 is 17.7 Å². The van der Waals surface area contributed by atoms with Crippen LogP contribution in [0.2, 0.25) is 0 Å². The second-order valence-corrected chi connectivity index (χ2v) is 8.33. The zero-order chi connectivity index (χ0) is 23.7. The fraction of sp³-hybridized carbons (Fsp3) is 0.107. The van der Waals surface area contributed by atoms with Gasteiger partial charge >= 0.3 is 0 Å². The number of aromatic nitrogens is 1. The van der Waals surface area contributed by atoms with E-state index in [-0.39, 0.29) is 17.9 Å². The number of phenolic OH excluding ortho intramolecular Hbond substituents is 2. The van der Waals surface area contributed by atoms with Crippen LogP contribution in [0.3, 0.4) is 0 Å². The first-order chi connectivity index (χ1) is 16.5. The van der Waals surface area contributed by atoms with Crippen molar-refractivity contribution in [2.24, 2.45) is 0 Å². The molecule has 0 unspecified atom stereocenters. The summed E-state index contributed by atoms with van der Waals surface area (Å²) in [4.78, 5) is 16.3. The quantitative estimate of drug-likeness (QED) is 0.240. The number of hydrogen-bond donors (Lipinski definition) is 5. The fourth-order valence-electron chi connectivity index (χ4n) is 4.42. The van der Waals surface area contributed by atoms with E-state index >= 15 is 0 Å². The van der Waals surface area contributed by atoms with Crippen molar-refractivity contribution >= 4 is 27.6 Å². The van der Waals surface area contributed by atoms with Gasteiger partial charge in [-0.15, -0.1) is 0 Å². The van der Waals surface area contributed by atoms with Crippen molar-refractivity contribution in [2.45, 2.75) is 12.5 Å². The Kier molecular flexibility index (Phi) is 5.65. The second kappa shape index (κ2) is 8.92. The molecule has 0 spiro atoms. The average molecular weight is 453 g/mol. The monoisotopic (exact) mass is 452 g/mol. The summed E-state index contributed by atoms with van der Waals surface area (Å²) in [6.07, 6.45) is 2.27. The molecule has 0 saturated carbocycles. The Labute approximate surface area is 196 Å². The Balaban J connectivity index is 1.45. The van der Waals surface area contributed by atoms with Gasteiger partial charge in [0.1, 0.15) is 0 Å². The molecule has 1 atom stereocenters. The third-order valence-electron chi connectivity index (χ3n) is 6.13. The first-order valence-electron chi connectivity index (χ1n) is 11.1. The van der Waals surface area contributed by atoms with Crippen LogP contribution >= 0.6 is 0 Å². The van der Waals surface area contributed by atoms with E-state index in [0.717, 1.165) is 32.8 Å². The van der Waals surface area contributed by atoms with Crippen LogP contribution in [0.5, 0.6) is 11.5 Å². The number of amides is 1. The number of nitrogens with one attached hydrogen (secondary N) is 2. The third kappa shape index (κ3) is 3.95. The zero-order valence-corrected chi connectivity index (χ0v) is 18.3. The van der Waals surface area contributed by atoms with Gasteiger partial charge in [0.15, 0.2) is 11.5 Å². The molecule has 0 aliphatic carbocycles. The highest BCUT2D eigenvalue weighted by molar-refractivity contribution is 6.02. The van der Waals surface area contributed by atoms with E-state index in [2.05, 4.69) is 10.3 Å². The van der Waals surface area contributed by atoms with Gasteiger partial charge in [-0.05, 0) is 52.1 Å². The molecule has 1 amide bonds. The van der Waals surface area contributed by atoms with Crippen molar-refractivity contribution < 1.29 is 20.1 Å². The lowest BCUT2D eigenvalue weighted by Gasteiger charge is -2.18. The minimum atomic E-state index is -0.575. The maximum Gasteiger partial charge on any atom is 0.255 e. The summed E-state index contributed by atoms with van der Waals surface area (Å²) < 4.78 is 0. The average Bonchev–Trinajstić information content (AvgIpc) is 3.27. The van der Waals surface area contributed by atoms with Crippen LogP contribution in [0.15, 0.2) is 85.1 Å². The molecule has 34 heavy (non-hydrogen) atoms. The van der Waals surface area contributed by atoms with E-state index in [1.807, 2.05) is 72.9 Å². The number of carbonyl (C=O) groups excluding carboxylic acids is 1. The van der Waals surface area contributed by atoms with Gasteiger partial charge in [0.05, 0.1) is 18.2 Å². The lowest BCUT2D eigenvalue weighted by atomic mass is 9.96. The van der Waals surface area contributed by atoms with E-state index in [1.165, 1.54) is 6.07 Å². The van der Waals surface area contributed by atoms with Crippen LogP contribution < -0.4 is 5.32 Å². The van der Waals surface area contributed by atoms with Gasteiger partial charge in [-0.3, -0.25) is 4.79 Å². The molecule has 0 fully saturated rings. The molecule has 0 aliphatic heterocycles. The summed E-state index contributed by atoms with van der Waals surface area (Å²) in [5.41, 5.74) is 3.33. The number of H-pyrrole nitrogens is 1. The molecule has 1 heterocycles. The summed E-state index contributed by atoms with van der Waals surface area (Å²) in [6.45, 7) is -0.277. The van der Waals surface area contributed by atoms with Gasteiger partial charge in [0.2, 0.25) is 0 Å². The Morgan fingerprint density at radius 1 is 0.912 bits per heavy atom. The minimum Gasteiger partial charge on any atom is -0.504 e. The third-order valence-corrected chi connectivity index (χ3v) is 6.13. The zero-order valence-electron chi connectivity index (χ0n) is 18.3. The Morgan fingerprint density at radius 2 is 1.65 bits per heavy atom. The van der Waals surface area contributed by atoms with E-state index in [0.29, 0.717) is 12.0 Å². The van der Waals surface area contributed by atoms with Crippen molar-refractivity contribution in [1.82, 2.24) is 10.3 Å². The normalized spacial score (nSPS) is 12.1. The lowest BCUT2D eigenvalue weighted by Crippen LogP contribution is -2.39. The molecule has 0 aliphatic rings. The Morgan fingerprint density at radius 3 is 2.47 bits per heavy atom. The fourth-order valence-corrected chi connectivity index (χ4v) is 4.42. The van der Waals surface area contributed by atoms with Crippen LogP contribution in [-0.4, -0.2) is 38.9 Å². The number of aromatic amines is 1. The van der Waals surface area contributed by atoms with Crippen LogP contribution in [0.25, 0.3) is 32.8 Å². The number of rotatable bonds is 6. The summed E-state index contributed by atoms with van der Waals surface area (Å²) in [5.74, 6) is -1.45. The molecule has 5 rings (SSSR count). The number of aliphatic hydroxyl groups is 1. The number of para-hydroxylation sites is 1. The maximum atomic E-state index is 13.1. The SMILES string of the molecule is O=C(N[C@@H](CO)Cc1c[nH]c2ccccc12)c1cc(-c2cccc3ccccc23)cc(O)c1O. The van der Waals surface area contributed by atoms with Crippen molar-refractivity contribution in [3.8, 4) is 22.6 Å². The first-order valence-corrected chi connectivity index (χ1v) is 11.1. The number of carbonyl (C=O) groups is 1. The molecule has 6 heteroatoms. The second-order valence-electron chi connectivity index (χ2n) is 8.33. The molecule has 5 aromatic rings. The molecule has 4 aromatic carbocycles. The number of phenols is 2. The van der Waals surface area contributed by atoms with Gasteiger partial charge in [-0.2, -0.15) is 0 Å². The Hall–Kier alpha value is -4.29. The largest absolute Gasteiger partial charge is 0.504 e. The summed E-state index contributed by atoms with van der Waals surface area (Å²) >= 11 is 0. The van der Waals surface area contributed by atoms with Gasteiger partial charge in [-0.25, -0.2) is 0 Å². The standard InChI is InChI=1S/C28H24N2O4/c31-16-20(12-19-15-29-25-11-4-3-9-23(19)25)30-28(34)24-13-18(14-26(32)27(24)33)22-10-5-7-17-6-1-2-8-21(17)22/h1-11,13-15,20,29,31-33H,12,16H2,(H,30,34)/t20-/m1/s1. The van der Waals surface area contributed by atoms with E-state index in [1.54, 1.807) is 6.07 Å². The predicted molar refractivity (Wildman–Crippen MR) is 133 cm³/mol. The lowest BCUT2D eigenvalue weighted by molar-refractivity contribution is 0.0913. The molecule has 0 bridgehead atoms. The molecule has 6 nitrogen and oxygen atoms in total. The van der Waals surface area contributed by atoms with Gasteiger partial charge in [0, 0.05) is 17.1 Å². The highest BCUT2D eigenvalue weighted by Crippen LogP contribution is 2.37. The summed E-state index contributed by atoms with van der Waals surface area (Å²) in [5, 5.41) is 36.6.